The minimum absolute atomic E-state index is 0.231. The van der Waals surface area contributed by atoms with Gasteiger partial charge in [-0.25, -0.2) is 4.79 Å². The van der Waals surface area contributed by atoms with E-state index in [1.54, 1.807) is 6.08 Å². The van der Waals surface area contributed by atoms with E-state index < -0.39 is 5.97 Å². The molecule has 2 rings (SSSR count). The summed E-state index contributed by atoms with van der Waals surface area (Å²) in [6.07, 6.45) is 7.94. The smallest absolute Gasteiger partial charge is 0.327 e. The number of carbonyl (C=O) groups is 1. The van der Waals surface area contributed by atoms with Gasteiger partial charge in [0.25, 0.3) is 0 Å². The molecule has 21 heavy (non-hydrogen) atoms. The van der Waals surface area contributed by atoms with Gasteiger partial charge in [0.2, 0.25) is 0 Å². The van der Waals surface area contributed by atoms with Crippen LogP contribution in [0.25, 0.3) is 0 Å². The van der Waals surface area contributed by atoms with Crippen molar-refractivity contribution in [1.29, 1.82) is 5.41 Å². The molecule has 1 atom stereocenters. The maximum atomic E-state index is 10.4. The van der Waals surface area contributed by atoms with E-state index in [1.165, 1.54) is 24.5 Å². The highest BCUT2D eigenvalue weighted by atomic mass is 16.4. The third-order valence-corrected chi connectivity index (χ3v) is 4.03. The van der Waals surface area contributed by atoms with Gasteiger partial charge in [-0.15, -0.1) is 0 Å². The second-order valence-electron chi connectivity index (χ2n) is 5.82. The van der Waals surface area contributed by atoms with Gasteiger partial charge in [-0.05, 0) is 49.1 Å². The van der Waals surface area contributed by atoms with E-state index in [1.807, 2.05) is 12.1 Å². The first kappa shape index (κ1) is 15.5. The lowest BCUT2D eigenvalue weighted by molar-refractivity contribution is -0.131. The second kappa shape index (κ2) is 7.21. The van der Waals surface area contributed by atoms with Gasteiger partial charge in [0.15, 0.2) is 0 Å². The standard InChI is InChI=1S/C18H23NO2/c1-2-16(17(19)12-14-6-7-14)15-10-8-13(9-11-15)4-3-5-18(20)21/h3,5,8-11,14,16,19H,2,4,6-7,12H2,1H3,(H,20,21)/b5-3+,19-17?/t16-/m0/s1. The summed E-state index contributed by atoms with van der Waals surface area (Å²) in [7, 11) is 0. The first-order chi connectivity index (χ1) is 10.1. The minimum Gasteiger partial charge on any atom is -0.478 e. The molecule has 1 aromatic carbocycles. The third kappa shape index (κ3) is 4.85. The highest BCUT2D eigenvalue weighted by Gasteiger charge is 2.26. The molecule has 0 spiro atoms. The molecule has 0 saturated heterocycles. The summed E-state index contributed by atoms with van der Waals surface area (Å²) in [6.45, 7) is 2.13. The molecule has 0 aromatic heterocycles. The van der Waals surface area contributed by atoms with Crippen molar-refractivity contribution >= 4 is 11.7 Å². The van der Waals surface area contributed by atoms with Crippen LogP contribution in [0.3, 0.4) is 0 Å². The summed E-state index contributed by atoms with van der Waals surface area (Å²) < 4.78 is 0. The number of carboxylic acid groups (broad SMARTS) is 1. The monoisotopic (exact) mass is 285 g/mol. The maximum absolute atomic E-state index is 10.4. The van der Waals surface area contributed by atoms with Gasteiger partial charge >= 0.3 is 5.97 Å². The molecule has 1 aliphatic carbocycles. The maximum Gasteiger partial charge on any atom is 0.327 e. The Kier molecular flexibility index (Phi) is 5.32. The number of benzene rings is 1. The molecule has 0 aliphatic heterocycles. The van der Waals surface area contributed by atoms with Crippen LogP contribution in [0.4, 0.5) is 0 Å². The highest BCUT2D eigenvalue weighted by Crippen LogP contribution is 2.35. The normalized spacial score (nSPS) is 16.0. The number of aliphatic carboxylic acids is 1. The molecule has 3 nitrogen and oxygen atoms in total. The van der Waals surface area contributed by atoms with Crippen molar-refractivity contribution in [2.75, 3.05) is 0 Å². The van der Waals surface area contributed by atoms with Crippen LogP contribution in [0.2, 0.25) is 0 Å². The number of hydrogen-bond acceptors (Lipinski definition) is 2. The summed E-state index contributed by atoms with van der Waals surface area (Å²) in [5.74, 6) is 0.0763. The summed E-state index contributed by atoms with van der Waals surface area (Å²) in [5, 5.41) is 16.9. The Hall–Kier alpha value is -1.90. The van der Waals surface area contributed by atoms with E-state index in [9.17, 15) is 4.79 Å². The van der Waals surface area contributed by atoms with E-state index in [-0.39, 0.29) is 5.92 Å². The first-order valence-electron chi connectivity index (χ1n) is 7.65. The zero-order chi connectivity index (χ0) is 15.2. The largest absolute Gasteiger partial charge is 0.478 e. The predicted octanol–water partition coefficient (Wildman–Crippen LogP) is 4.18. The number of nitrogens with one attached hydrogen (secondary N) is 1. The fourth-order valence-corrected chi connectivity index (χ4v) is 2.64. The average molecular weight is 285 g/mol. The Morgan fingerprint density at radius 3 is 2.57 bits per heavy atom. The lowest BCUT2D eigenvalue weighted by Gasteiger charge is -2.17. The van der Waals surface area contributed by atoms with Gasteiger partial charge in [-0.1, -0.05) is 37.3 Å². The van der Waals surface area contributed by atoms with Crippen molar-refractivity contribution in [1.82, 2.24) is 0 Å². The molecule has 1 aliphatic rings. The van der Waals surface area contributed by atoms with E-state index in [4.69, 9.17) is 10.5 Å². The summed E-state index contributed by atoms with van der Waals surface area (Å²) in [5.41, 5.74) is 3.16. The summed E-state index contributed by atoms with van der Waals surface area (Å²) in [4.78, 5) is 10.4. The number of rotatable bonds is 8. The predicted molar refractivity (Wildman–Crippen MR) is 85.0 cm³/mol. The van der Waals surface area contributed by atoms with E-state index in [0.29, 0.717) is 6.42 Å². The van der Waals surface area contributed by atoms with Crippen molar-refractivity contribution in [3.8, 4) is 0 Å². The molecule has 0 bridgehead atoms. The van der Waals surface area contributed by atoms with E-state index in [2.05, 4.69) is 19.1 Å². The summed E-state index contributed by atoms with van der Waals surface area (Å²) in [6, 6.07) is 8.24. The topological polar surface area (TPSA) is 61.2 Å². The molecule has 2 N–H and O–H groups in total. The van der Waals surface area contributed by atoms with Crippen molar-refractivity contribution in [2.45, 2.75) is 44.9 Å². The van der Waals surface area contributed by atoms with Crippen LogP contribution in [0.1, 0.15) is 49.7 Å². The molecular formula is C18H23NO2. The quantitative estimate of drug-likeness (QED) is 0.556. The van der Waals surface area contributed by atoms with Crippen molar-refractivity contribution in [3.63, 3.8) is 0 Å². The number of allylic oxidation sites excluding steroid dienone is 1. The number of hydrogen-bond donors (Lipinski definition) is 2. The van der Waals surface area contributed by atoms with Crippen LogP contribution in [0.15, 0.2) is 36.4 Å². The zero-order valence-corrected chi connectivity index (χ0v) is 12.5. The molecule has 1 fully saturated rings. The molecule has 0 heterocycles. The lowest BCUT2D eigenvalue weighted by atomic mass is 9.88. The summed E-state index contributed by atoms with van der Waals surface area (Å²) >= 11 is 0. The average Bonchev–Trinajstić information content (AvgIpc) is 3.25. The highest BCUT2D eigenvalue weighted by molar-refractivity contribution is 5.88. The van der Waals surface area contributed by atoms with Crippen molar-refractivity contribution in [3.05, 3.63) is 47.5 Å². The fraction of sp³-hybridized carbons (Fsp3) is 0.444. The van der Waals surface area contributed by atoms with Crippen molar-refractivity contribution in [2.24, 2.45) is 5.92 Å². The first-order valence-corrected chi connectivity index (χ1v) is 7.65. The van der Waals surface area contributed by atoms with Crippen LogP contribution >= 0.6 is 0 Å². The molecule has 0 amide bonds. The fourth-order valence-electron chi connectivity index (χ4n) is 2.64. The molecule has 3 heteroatoms. The van der Waals surface area contributed by atoms with E-state index >= 15 is 0 Å². The van der Waals surface area contributed by atoms with E-state index in [0.717, 1.165) is 30.0 Å². The molecule has 1 saturated carbocycles. The van der Waals surface area contributed by atoms with Gasteiger partial charge in [0.1, 0.15) is 0 Å². The SMILES string of the molecule is CC[C@H](C(=N)CC1CC1)c1ccc(C/C=C/C(=O)O)cc1. The van der Waals surface area contributed by atoms with Gasteiger partial charge in [0, 0.05) is 17.7 Å². The molecule has 112 valence electrons. The Morgan fingerprint density at radius 2 is 2.05 bits per heavy atom. The van der Waals surface area contributed by atoms with Gasteiger partial charge in [0.05, 0.1) is 0 Å². The van der Waals surface area contributed by atoms with Gasteiger partial charge in [-0.3, -0.25) is 0 Å². The molecule has 0 unspecified atom stereocenters. The Bertz CT molecular complexity index is 527. The van der Waals surface area contributed by atoms with Gasteiger partial charge < -0.3 is 10.5 Å². The number of carboxylic acids is 1. The molecule has 1 aromatic rings. The van der Waals surface area contributed by atoms with Crippen LogP contribution in [0.5, 0.6) is 0 Å². The third-order valence-electron chi connectivity index (χ3n) is 4.03. The van der Waals surface area contributed by atoms with Crippen LogP contribution in [-0.4, -0.2) is 16.8 Å². The van der Waals surface area contributed by atoms with Crippen LogP contribution in [-0.2, 0) is 11.2 Å². The Balaban J connectivity index is 1.98. The van der Waals surface area contributed by atoms with Crippen LogP contribution in [0, 0.1) is 11.3 Å². The zero-order valence-electron chi connectivity index (χ0n) is 12.5. The second-order valence-corrected chi connectivity index (χ2v) is 5.82. The van der Waals surface area contributed by atoms with Crippen molar-refractivity contribution < 1.29 is 9.90 Å². The molecular weight excluding hydrogens is 262 g/mol. The minimum atomic E-state index is -0.911. The molecule has 0 radical (unpaired) electrons. The Morgan fingerprint density at radius 1 is 1.38 bits per heavy atom. The lowest BCUT2D eigenvalue weighted by Crippen LogP contribution is -2.11. The Labute approximate surface area is 126 Å². The van der Waals surface area contributed by atoms with Gasteiger partial charge in [-0.2, -0.15) is 0 Å². The van der Waals surface area contributed by atoms with Crippen LogP contribution < -0.4 is 0 Å².